The van der Waals surface area contributed by atoms with Crippen molar-refractivity contribution in [2.24, 2.45) is 5.92 Å². The molecule has 0 unspecified atom stereocenters. The number of aromatic nitrogens is 1. The highest BCUT2D eigenvalue weighted by atomic mass is 16.6. The first-order valence-electron chi connectivity index (χ1n) is 9.91. The van der Waals surface area contributed by atoms with Crippen molar-refractivity contribution in [2.75, 3.05) is 18.4 Å². The van der Waals surface area contributed by atoms with E-state index in [1.807, 2.05) is 13.8 Å². The van der Waals surface area contributed by atoms with E-state index in [-0.39, 0.29) is 11.8 Å². The molecule has 0 bridgehead atoms. The topological polar surface area (TPSA) is 104 Å². The molecule has 0 saturated carbocycles. The highest BCUT2D eigenvalue weighted by Crippen LogP contribution is 2.19. The van der Waals surface area contributed by atoms with Crippen LogP contribution in [0.4, 0.5) is 15.3 Å². The first-order valence-corrected chi connectivity index (χ1v) is 9.91. The van der Waals surface area contributed by atoms with Crippen LogP contribution in [0.1, 0.15) is 47.5 Å². The van der Waals surface area contributed by atoms with Gasteiger partial charge < -0.3 is 15.4 Å². The molecule has 2 N–H and O–H groups in total. The van der Waals surface area contributed by atoms with Crippen LogP contribution in [0.25, 0.3) is 0 Å². The van der Waals surface area contributed by atoms with Crippen molar-refractivity contribution in [3.63, 3.8) is 0 Å². The molecule has 4 amide bonds. The average molecular weight is 405 g/mol. The molecule has 0 spiro atoms. The Hall–Kier alpha value is -2.84. The van der Waals surface area contributed by atoms with Gasteiger partial charge in [-0.3, -0.25) is 9.78 Å². The molecule has 1 aliphatic rings. The van der Waals surface area contributed by atoms with Crippen molar-refractivity contribution in [2.45, 2.75) is 59.1 Å². The van der Waals surface area contributed by atoms with Gasteiger partial charge in [-0.15, -0.1) is 0 Å². The maximum absolute atomic E-state index is 13.2. The SMILES string of the molecule is CC[C@H](C)[C@H](NC(=O)OC(C)(C)C)C(=O)N1CCCN1C(=O)Nc1ccncc1. The summed E-state index contributed by atoms with van der Waals surface area (Å²) < 4.78 is 5.31. The highest BCUT2D eigenvalue weighted by Gasteiger charge is 2.38. The third-order valence-corrected chi connectivity index (χ3v) is 4.60. The van der Waals surface area contributed by atoms with E-state index in [9.17, 15) is 14.4 Å². The van der Waals surface area contributed by atoms with E-state index in [1.165, 1.54) is 10.0 Å². The molecule has 2 heterocycles. The fraction of sp³-hybridized carbons (Fsp3) is 0.600. The summed E-state index contributed by atoms with van der Waals surface area (Å²) in [4.78, 5) is 42.1. The summed E-state index contributed by atoms with van der Waals surface area (Å²) in [5, 5.41) is 8.25. The minimum Gasteiger partial charge on any atom is -0.444 e. The lowest BCUT2D eigenvalue weighted by Gasteiger charge is -2.33. The quantitative estimate of drug-likeness (QED) is 0.784. The summed E-state index contributed by atoms with van der Waals surface area (Å²) in [7, 11) is 0. The van der Waals surface area contributed by atoms with Gasteiger partial charge in [-0.2, -0.15) is 0 Å². The van der Waals surface area contributed by atoms with E-state index in [1.54, 1.807) is 45.3 Å². The molecule has 0 aromatic carbocycles. The number of carbonyl (C=O) groups is 3. The normalized spacial score (nSPS) is 16.2. The number of hydrazine groups is 1. The Morgan fingerprint density at radius 3 is 2.38 bits per heavy atom. The van der Waals surface area contributed by atoms with Gasteiger partial charge in [0, 0.05) is 31.2 Å². The van der Waals surface area contributed by atoms with Crippen molar-refractivity contribution < 1.29 is 19.1 Å². The van der Waals surface area contributed by atoms with Gasteiger partial charge in [0.05, 0.1) is 0 Å². The molecule has 0 radical (unpaired) electrons. The number of hydrogen-bond acceptors (Lipinski definition) is 5. The minimum atomic E-state index is -0.788. The number of rotatable bonds is 5. The molecule has 1 aliphatic heterocycles. The van der Waals surface area contributed by atoms with Gasteiger partial charge in [-0.25, -0.2) is 19.6 Å². The maximum Gasteiger partial charge on any atom is 0.408 e. The summed E-state index contributed by atoms with van der Waals surface area (Å²) in [6, 6.07) is 2.16. The Bertz CT molecular complexity index is 719. The number of anilines is 1. The number of nitrogens with one attached hydrogen (secondary N) is 2. The fourth-order valence-electron chi connectivity index (χ4n) is 2.95. The Morgan fingerprint density at radius 2 is 1.79 bits per heavy atom. The molecule has 29 heavy (non-hydrogen) atoms. The molecule has 2 atom stereocenters. The molecule has 1 fully saturated rings. The summed E-state index contributed by atoms with van der Waals surface area (Å²) >= 11 is 0. The largest absolute Gasteiger partial charge is 0.444 e. The lowest BCUT2D eigenvalue weighted by molar-refractivity contribution is -0.143. The predicted octanol–water partition coefficient (Wildman–Crippen LogP) is 3.00. The van der Waals surface area contributed by atoms with E-state index in [2.05, 4.69) is 15.6 Å². The van der Waals surface area contributed by atoms with Gasteiger partial charge in [0.1, 0.15) is 11.6 Å². The zero-order chi connectivity index (χ0) is 21.6. The second kappa shape index (κ2) is 9.58. The van der Waals surface area contributed by atoms with E-state index >= 15 is 0 Å². The number of hydrogen-bond donors (Lipinski definition) is 2. The molecule has 1 saturated heterocycles. The average Bonchev–Trinajstić information content (AvgIpc) is 3.14. The van der Waals surface area contributed by atoms with Gasteiger partial charge in [-0.1, -0.05) is 20.3 Å². The number of alkyl carbamates (subject to hydrolysis) is 1. The number of ether oxygens (including phenoxy) is 1. The Morgan fingerprint density at radius 1 is 1.17 bits per heavy atom. The highest BCUT2D eigenvalue weighted by molar-refractivity contribution is 5.93. The molecule has 1 aromatic rings. The molecular formula is C20H31N5O4. The third kappa shape index (κ3) is 6.33. The number of amides is 4. The molecule has 0 aliphatic carbocycles. The van der Waals surface area contributed by atoms with Crippen molar-refractivity contribution in [3.05, 3.63) is 24.5 Å². The van der Waals surface area contributed by atoms with Crippen molar-refractivity contribution >= 4 is 23.7 Å². The van der Waals surface area contributed by atoms with Crippen molar-refractivity contribution in [3.8, 4) is 0 Å². The van der Waals surface area contributed by atoms with Crippen molar-refractivity contribution in [1.29, 1.82) is 0 Å². The predicted molar refractivity (Wildman–Crippen MR) is 109 cm³/mol. The summed E-state index contributed by atoms with van der Waals surface area (Å²) in [6.07, 6.45) is 3.85. The van der Waals surface area contributed by atoms with Crippen LogP contribution >= 0.6 is 0 Å². The van der Waals surface area contributed by atoms with Crippen LogP contribution in [0, 0.1) is 5.92 Å². The zero-order valence-electron chi connectivity index (χ0n) is 17.8. The van der Waals surface area contributed by atoms with Crippen LogP contribution in [0.15, 0.2) is 24.5 Å². The number of pyridine rings is 1. The van der Waals surface area contributed by atoms with E-state index in [0.29, 0.717) is 31.6 Å². The van der Waals surface area contributed by atoms with Crippen LogP contribution in [0.2, 0.25) is 0 Å². The van der Waals surface area contributed by atoms with Gasteiger partial charge >= 0.3 is 12.1 Å². The van der Waals surface area contributed by atoms with Crippen LogP contribution in [0.5, 0.6) is 0 Å². The van der Waals surface area contributed by atoms with Crippen LogP contribution < -0.4 is 10.6 Å². The standard InChI is InChI=1S/C20H31N5O4/c1-6-14(2)16(23-19(28)29-20(3,4)5)17(26)24-12-7-13-25(24)18(27)22-15-8-10-21-11-9-15/h8-11,14,16H,6-7,12-13H2,1-5H3,(H,23,28)(H,21,22,27)/t14-,16-/m0/s1. The van der Waals surface area contributed by atoms with E-state index in [4.69, 9.17) is 4.74 Å². The summed E-state index contributed by atoms with van der Waals surface area (Å²) in [5.41, 5.74) is -0.0771. The monoisotopic (exact) mass is 405 g/mol. The summed E-state index contributed by atoms with van der Waals surface area (Å²) in [6.45, 7) is 9.94. The van der Waals surface area contributed by atoms with Gasteiger partial charge in [0.15, 0.2) is 0 Å². The van der Waals surface area contributed by atoms with Gasteiger partial charge in [0.25, 0.3) is 5.91 Å². The Labute approximate surface area is 171 Å². The number of nitrogens with zero attached hydrogens (tertiary/aromatic N) is 3. The van der Waals surface area contributed by atoms with Crippen LogP contribution in [-0.2, 0) is 9.53 Å². The lowest BCUT2D eigenvalue weighted by Crippen LogP contribution is -2.56. The van der Waals surface area contributed by atoms with Crippen LogP contribution in [-0.4, -0.2) is 57.8 Å². The number of urea groups is 1. The second-order valence-corrected chi connectivity index (χ2v) is 8.11. The summed E-state index contributed by atoms with van der Waals surface area (Å²) in [5.74, 6) is -0.451. The van der Waals surface area contributed by atoms with E-state index < -0.39 is 23.8 Å². The molecular weight excluding hydrogens is 374 g/mol. The molecule has 9 heteroatoms. The molecule has 9 nitrogen and oxygen atoms in total. The van der Waals surface area contributed by atoms with Crippen LogP contribution in [0.3, 0.4) is 0 Å². The van der Waals surface area contributed by atoms with Crippen molar-refractivity contribution in [1.82, 2.24) is 20.3 Å². The Balaban J connectivity index is 2.11. The second-order valence-electron chi connectivity index (χ2n) is 8.11. The van der Waals surface area contributed by atoms with Gasteiger partial charge in [-0.05, 0) is 45.2 Å². The maximum atomic E-state index is 13.2. The third-order valence-electron chi connectivity index (χ3n) is 4.60. The minimum absolute atomic E-state index is 0.124. The fourth-order valence-corrected chi connectivity index (χ4v) is 2.95. The van der Waals surface area contributed by atoms with Gasteiger partial charge in [0.2, 0.25) is 0 Å². The number of carbonyl (C=O) groups excluding carboxylic acids is 3. The van der Waals surface area contributed by atoms with E-state index in [0.717, 1.165) is 0 Å². The first kappa shape index (κ1) is 22.4. The Kier molecular flexibility index (Phi) is 7.41. The molecule has 2 rings (SSSR count). The lowest BCUT2D eigenvalue weighted by atomic mass is 9.98. The molecule has 1 aromatic heterocycles. The molecule has 160 valence electrons. The zero-order valence-corrected chi connectivity index (χ0v) is 17.8. The first-order chi connectivity index (χ1) is 13.6. The smallest absolute Gasteiger partial charge is 0.408 e.